The maximum Gasteiger partial charge on any atom is 0.194 e. The molecule has 0 heterocycles. The van der Waals surface area contributed by atoms with Crippen LogP contribution in [0.15, 0.2) is 54.6 Å². The average molecular weight is 390 g/mol. The molecule has 0 aromatic heterocycles. The number of halogens is 2. The lowest BCUT2D eigenvalue weighted by Gasteiger charge is -2.11. The van der Waals surface area contributed by atoms with Crippen LogP contribution in [0.4, 0.5) is 4.39 Å². The van der Waals surface area contributed by atoms with E-state index < -0.39 is 0 Å². The van der Waals surface area contributed by atoms with Gasteiger partial charge in [-0.15, -0.1) is 0 Å². The van der Waals surface area contributed by atoms with Crippen LogP contribution in [0.5, 0.6) is 0 Å². The van der Waals surface area contributed by atoms with Gasteiger partial charge < -0.3 is 0 Å². The Kier molecular flexibility index (Phi) is 3.76. The summed E-state index contributed by atoms with van der Waals surface area (Å²) in [5.74, 6) is -0.390. The molecule has 3 heteroatoms. The van der Waals surface area contributed by atoms with Gasteiger partial charge in [-0.3, -0.25) is 4.79 Å². The molecule has 3 aromatic carbocycles. The number of hydrogen-bond acceptors (Lipinski definition) is 1. The highest BCUT2D eigenvalue weighted by Gasteiger charge is 2.17. The Morgan fingerprint density at radius 3 is 2.57 bits per heavy atom. The van der Waals surface area contributed by atoms with Crippen molar-refractivity contribution in [3.8, 4) is 0 Å². The Labute approximate surface area is 135 Å². The fourth-order valence-corrected chi connectivity index (χ4v) is 3.21. The molecule has 0 unspecified atom stereocenters. The maximum absolute atomic E-state index is 13.2. The number of benzene rings is 3. The lowest BCUT2D eigenvalue weighted by atomic mass is 9.93. The van der Waals surface area contributed by atoms with Gasteiger partial charge in [0.1, 0.15) is 5.82 Å². The van der Waals surface area contributed by atoms with Crippen LogP contribution in [-0.2, 0) is 0 Å². The van der Waals surface area contributed by atoms with E-state index in [0.717, 1.165) is 16.3 Å². The summed E-state index contributed by atoms with van der Waals surface area (Å²) in [4.78, 5) is 12.9. The van der Waals surface area contributed by atoms with Gasteiger partial charge in [0.25, 0.3) is 0 Å². The minimum atomic E-state index is -0.328. The van der Waals surface area contributed by atoms with Gasteiger partial charge in [-0.05, 0) is 64.0 Å². The number of carbonyl (C=O) groups excluding carboxylic acids is 1. The predicted molar refractivity (Wildman–Crippen MR) is 91.2 cm³/mol. The Morgan fingerprint density at radius 2 is 1.81 bits per heavy atom. The van der Waals surface area contributed by atoms with Crippen molar-refractivity contribution >= 4 is 39.1 Å². The first-order valence-corrected chi connectivity index (χ1v) is 7.64. The molecule has 0 aliphatic carbocycles. The van der Waals surface area contributed by atoms with Crippen LogP contribution in [0.3, 0.4) is 0 Å². The largest absolute Gasteiger partial charge is 0.289 e. The van der Waals surface area contributed by atoms with E-state index in [4.69, 9.17) is 0 Å². The zero-order chi connectivity index (χ0) is 15.0. The number of carbonyl (C=O) groups is 1. The van der Waals surface area contributed by atoms with Crippen molar-refractivity contribution in [3.05, 3.63) is 80.7 Å². The van der Waals surface area contributed by atoms with Gasteiger partial charge in [0.2, 0.25) is 0 Å². The third-order valence-electron chi connectivity index (χ3n) is 3.54. The van der Waals surface area contributed by atoms with E-state index in [-0.39, 0.29) is 11.6 Å². The quantitative estimate of drug-likeness (QED) is 0.439. The summed E-state index contributed by atoms with van der Waals surface area (Å²) in [6.45, 7) is 1.93. The third-order valence-corrected chi connectivity index (χ3v) is 4.43. The molecule has 3 aromatic rings. The van der Waals surface area contributed by atoms with Crippen LogP contribution in [0.2, 0.25) is 0 Å². The summed E-state index contributed by atoms with van der Waals surface area (Å²) in [5.41, 5.74) is 2.16. The molecule has 0 bridgehead atoms. The molecule has 0 N–H and O–H groups in total. The SMILES string of the molecule is Cc1ccc2ccccc2c1C(=O)c1ccc(F)cc1I. The fourth-order valence-electron chi connectivity index (χ4n) is 2.49. The van der Waals surface area contributed by atoms with Crippen molar-refractivity contribution in [3.63, 3.8) is 0 Å². The summed E-state index contributed by atoms with van der Waals surface area (Å²) < 4.78 is 13.9. The molecule has 0 aliphatic heterocycles. The second-order valence-corrected chi connectivity index (χ2v) is 6.09. The van der Waals surface area contributed by atoms with Crippen LogP contribution >= 0.6 is 22.6 Å². The molecule has 3 rings (SSSR count). The Bertz CT molecular complexity index is 855. The minimum Gasteiger partial charge on any atom is -0.289 e. The molecule has 104 valence electrons. The van der Waals surface area contributed by atoms with Gasteiger partial charge in [0.05, 0.1) is 0 Å². The molecular weight excluding hydrogens is 378 g/mol. The van der Waals surface area contributed by atoms with Crippen LogP contribution in [0, 0.1) is 16.3 Å². The second-order valence-electron chi connectivity index (χ2n) is 4.93. The lowest BCUT2D eigenvalue weighted by molar-refractivity contribution is 0.103. The maximum atomic E-state index is 13.2. The van der Waals surface area contributed by atoms with Crippen LogP contribution < -0.4 is 0 Å². The predicted octanol–water partition coefficient (Wildman–Crippen LogP) is 5.12. The molecular formula is C18H12FIO. The normalized spacial score (nSPS) is 10.8. The van der Waals surface area contributed by atoms with E-state index in [9.17, 15) is 9.18 Å². The van der Waals surface area contributed by atoms with E-state index in [1.807, 2.05) is 65.9 Å². The van der Waals surface area contributed by atoms with Crippen molar-refractivity contribution < 1.29 is 9.18 Å². The standard InChI is InChI=1S/C18H12FIO/c1-11-6-7-12-4-2-3-5-14(12)17(11)18(21)15-9-8-13(19)10-16(15)20/h2-10H,1H3. The van der Waals surface area contributed by atoms with Crippen molar-refractivity contribution in [2.24, 2.45) is 0 Å². The highest BCUT2D eigenvalue weighted by molar-refractivity contribution is 14.1. The van der Waals surface area contributed by atoms with Crippen molar-refractivity contribution in [2.75, 3.05) is 0 Å². The van der Waals surface area contributed by atoms with Crippen molar-refractivity contribution in [1.29, 1.82) is 0 Å². The third kappa shape index (κ3) is 2.58. The second kappa shape index (κ2) is 5.56. The van der Waals surface area contributed by atoms with E-state index in [0.29, 0.717) is 14.7 Å². The number of rotatable bonds is 2. The highest BCUT2D eigenvalue weighted by Crippen LogP contribution is 2.26. The zero-order valence-electron chi connectivity index (χ0n) is 11.4. The first kappa shape index (κ1) is 14.2. The van der Waals surface area contributed by atoms with E-state index in [1.165, 1.54) is 12.1 Å². The molecule has 0 radical (unpaired) electrons. The molecule has 0 saturated carbocycles. The van der Waals surface area contributed by atoms with Crippen LogP contribution in [0.1, 0.15) is 21.5 Å². The summed E-state index contributed by atoms with van der Waals surface area (Å²) in [6, 6.07) is 16.0. The summed E-state index contributed by atoms with van der Waals surface area (Å²) in [5, 5.41) is 1.96. The van der Waals surface area contributed by atoms with Crippen molar-refractivity contribution in [1.82, 2.24) is 0 Å². The van der Waals surface area contributed by atoms with Crippen LogP contribution in [0.25, 0.3) is 10.8 Å². The molecule has 0 saturated heterocycles. The van der Waals surface area contributed by atoms with Gasteiger partial charge in [-0.25, -0.2) is 4.39 Å². The summed E-state index contributed by atoms with van der Waals surface area (Å²) in [6.07, 6.45) is 0. The molecule has 0 fully saturated rings. The highest BCUT2D eigenvalue weighted by atomic mass is 127. The van der Waals surface area contributed by atoms with Gasteiger partial charge in [0.15, 0.2) is 5.78 Å². The van der Waals surface area contributed by atoms with Gasteiger partial charge in [-0.2, -0.15) is 0 Å². The number of aryl methyl sites for hydroxylation is 1. The molecule has 1 nitrogen and oxygen atoms in total. The molecule has 21 heavy (non-hydrogen) atoms. The Hall–Kier alpha value is -1.75. The van der Waals surface area contributed by atoms with E-state index in [2.05, 4.69) is 0 Å². The number of ketones is 1. The topological polar surface area (TPSA) is 17.1 Å². The summed E-state index contributed by atoms with van der Waals surface area (Å²) >= 11 is 2.00. The average Bonchev–Trinajstić information content (AvgIpc) is 2.46. The Balaban J connectivity index is 2.24. The molecule has 0 spiro atoms. The van der Waals surface area contributed by atoms with Crippen molar-refractivity contribution in [2.45, 2.75) is 6.92 Å². The summed E-state index contributed by atoms with van der Waals surface area (Å²) in [7, 11) is 0. The van der Waals surface area contributed by atoms with Gasteiger partial charge in [0, 0.05) is 14.7 Å². The fraction of sp³-hybridized carbons (Fsp3) is 0.0556. The first-order chi connectivity index (χ1) is 10.1. The van der Waals surface area contributed by atoms with Crippen LogP contribution in [-0.4, -0.2) is 5.78 Å². The van der Waals surface area contributed by atoms with Gasteiger partial charge in [-0.1, -0.05) is 36.4 Å². The molecule has 0 atom stereocenters. The van der Waals surface area contributed by atoms with E-state index >= 15 is 0 Å². The smallest absolute Gasteiger partial charge is 0.194 e. The zero-order valence-corrected chi connectivity index (χ0v) is 13.5. The minimum absolute atomic E-state index is 0.0614. The monoisotopic (exact) mass is 390 g/mol. The number of fused-ring (bicyclic) bond motifs is 1. The molecule has 0 aliphatic rings. The van der Waals surface area contributed by atoms with Gasteiger partial charge >= 0.3 is 0 Å². The first-order valence-electron chi connectivity index (χ1n) is 6.56. The Morgan fingerprint density at radius 1 is 1.05 bits per heavy atom. The lowest BCUT2D eigenvalue weighted by Crippen LogP contribution is -2.07. The molecule has 0 amide bonds. The number of hydrogen-bond donors (Lipinski definition) is 0. The van der Waals surface area contributed by atoms with E-state index in [1.54, 1.807) is 6.07 Å².